The Morgan fingerprint density at radius 3 is 2.59 bits per heavy atom. The maximum Gasteiger partial charge on any atom is 0.244 e. The molecule has 0 aliphatic carbocycles. The molecule has 2 aromatic rings. The summed E-state index contributed by atoms with van der Waals surface area (Å²) < 4.78 is 2.70. The van der Waals surface area contributed by atoms with Gasteiger partial charge < -0.3 is 11.1 Å². The summed E-state index contributed by atoms with van der Waals surface area (Å²) in [6.45, 7) is 2.25. The van der Waals surface area contributed by atoms with Crippen molar-refractivity contribution in [1.82, 2.24) is 15.1 Å². The van der Waals surface area contributed by atoms with Crippen LogP contribution in [0.3, 0.4) is 0 Å². The van der Waals surface area contributed by atoms with Gasteiger partial charge in [-0.25, -0.2) is 0 Å². The molecule has 22 heavy (non-hydrogen) atoms. The van der Waals surface area contributed by atoms with E-state index < -0.39 is 5.54 Å². The normalized spacial score (nSPS) is 13.1. The average Bonchev–Trinajstić information content (AvgIpc) is 2.85. The van der Waals surface area contributed by atoms with E-state index in [0.29, 0.717) is 6.54 Å². The first kappa shape index (κ1) is 18.7. The van der Waals surface area contributed by atoms with Gasteiger partial charge in [-0.2, -0.15) is 5.10 Å². The highest BCUT2D eigenvalue weighted by Gasteiger charge is 2.30. The number of carbonyl (C=O) groups is 1. The Kier molecular flexibility index (Phi) is 6.59. The fourth-order valence-electron chi connectivity index (χ4n) is 2.03. The number of carbonyl (C=O) groups excluding carboxylic acids is 1. The molecule has 0 saturated heterocycles. The molecular formula is C15H20BrClN4O. The first-order chi connectivity index (χ1) is 9.89. The monoisotopic (exact) mass is 386 g/mol. The van der Waals surface area contributed by atoms with Crippen LogP contribution in [0.2, 0.25) is 0 Å². The summed E-state index contributed by atoms with van der Waals surface area (Å²) in [6, 6.07) is 7.46. The van der Waals surface area contributed by atoms with E-state index in [4.69, 9.17) is 5.73 Å². The van der Waals surface area contributed by atoms with E-state index in [1.165, 1.54) is 0 Å². The van der Waals surface area contributed by atoms with Gasteiger partial charge in [0.1, 0.15) is 5.54 Å². The zero-order chi connectivity index (χ0) is 15.5. The Bertz CT molecular complexity index is 625. The number of halogens is 2. The number of nitrogens with zero attached hydrogens (tertiary/aromatic N) is 2. The van der Waals surface area contributed by atoms with Crippen molar-refractivity contribution in [3.63, 3.8) is 0 Å². The standard InChI is InChI=1S/C15H19BrN4O.ClH/c1-15(17,12-3-5-13(16)6-4-12)14(21)18-8-7-11-9-19-20(2)10-11;/h3-6,9-10H,7-8,17H2,1-2H3,(H,18,21);1H. The highest BCUT2D eigenvalue weighted by molar-refractivity contribution is 9.10. The zero-order valence-corrected chi connectivity index (χ0v) is 14.9. The second kappa shape index (κ2) is 7.76. The largest absolute Gasteiger partial charge is 0.354 e. The second-order valence-corrected chi connectivity index (χ2v) is 6.15. The van der Waals surface area contributed by atoms with Crippen LogP contribution < -0.4 is 11.1 Å². The van der Waals surface area contributed by atoms with Crippen LogP contribution in [-0.4, -0.2) is 22.2 Å². The summed E-state index contributed by atoms with van der Waals surface area (Å²) in [5.41, 5.74) is 6.99. The van der Waals surface area contributed by atoms with E-state index in [1.807, 2.05) is 37.5 Å². The molecule has 2 rings (SSSR count). The molecule has 0 fully saturated rings. The minimum atomic E-state index is -1.05. The summed E-state index contributed by atoms with van der Waals surface area (Å²) in [5, 5.41) is 6.97. The number of amides is 1. The third-order valence-electron chi connectivity index (χ3n) is 3.37. The van der Waals surface area contributed by atoms with Crippen molar-refractivity contribution in [3.05, 3.63) is 52.3 Å². The van der Waals surface area contributed by atoms with Gasteiger partial charge in [0.2, 0.25) is 5.91 Å². The summed E-state index contributed by atoms with van der Waals surface area (Å²) in [4.78, 5) is 12.3. The SMILES string of the molecule is Cl.Cn1cc(CCNC(=O)C(C)(N)c2ccc(Br)cc2)cn1. The first-order valence-corrected chi connectivity index (χ1v) is 7.49. The molecule has 1 aromatic carbocycles. The summed E-state index contributed by atoms with van der Waals surface area (Å²) in [6.07, 6.45) is 4.46. The van der Waals surface area contributed by atoms with Crippen LogP contribution in [0.25, 0.3) is 0 Å². The van der Waals surface area contributed by atoms with Crippen LogP contribution in [0.5, 0.6) is 0 Å². The number of hydrogen-bond acceptors (Lipinski definition) is 3. The predicted octanol–water partition coefficient (Wildman–Crippen LogP) is 2.14. The summed E-state index contributed by atoms with van der Waals surface area (Å²) in [7, 11) is 1.87. The number of nitrogens with one attached hydrogen (secondary N) is 1. The van der Waals surface area contributed by atoms with E-state index in [2.05, 4.69) is 26.3 Å². The number of nitrogens with two attached hydrogens (primary N) is 1. The lowest BCUT2D eigenvalue weighted by Crippen LogP contribution is -2.49. The Morgan fingerprint density at radius 1 is 1.41 bits per heavy atom. The van der Waals surface area contributed by atoms with E-state index >= 15 is 0 Å². The van der Waals surface area contributed by atoms with E-state index in [9.17, 15) is 4.79 Å². The summed E-state index contributed by atoms with van der Waals surface area (Å²) >= 11 is 3.37. The Morgan fingerprint density at radius 2 is 2.05 bits per heavy atom. The molecule has 1 heterocycles. The van der Waals surface area contributed by atoms with Gasteiger partial charge in [0.25, 0.3) is 0 Å². The maximum atomic E-state index is 12.3. The lowest BCUT2D eigenvalue weighted by atomic mass is 9.92. The molecule has 5 nitrogen and oxygen atoms in total. The van der Waals surface area contributed by atoms with E-state index in [-0.39, 0.29) is 18.3 Å². The fraction of sp³-hybridized carbons (Fsp3) is 0.333. The minimum absolute atomic E-state index is 0. The molecule has 1 aromatic heterocycles. The first-order valence-electron chi connectivity index (χ1n) is 6.70. The van der Waals surface area contributed by atoms with Crippen molar-refractivity contribution in [3.8, 4) is 0 Å². The lowest BCUT2D eigenvalue weighted by Gasteiger charge is -2.24. The molecule has 120 valence electrons. The molecule has 1 unspecified atom stereocenters. The number of rotatable bonds is 5. The number of benzene rings is 1. The molecule has 0 bridgehead atoms. The molecule has 0 aliphatic rings. The number of aryl methyl sites for hydroxylation is 1. The van der Waals surface area contributed by atoms with E-state index in [0.717, 1.165) is 22.0 Å². The van der Waals surface area contributed by atoms with E-state index in [1.54, 1.807) is 17.8 Å². The molecular weight excluding hydrogens is 368 g/mol. The topological polar surface area (TPSA) is 72.9 Å². The van der Waals surface area contributed by atoms with Crippen molar-refractivity contribution < 1.29 is 4.79 Å². The second-order valence-electron chi connectivity index (χ2n) is 5.24. The quantitative estimate of drug-likeness (QED) is 0.825. The van der Waals surface area contributed by atoms with Crippen molar-refractivity contribution in [2.45, 2.75) is 18.9 Å². The third-order valence-corrected chi connectivity index (χ3v) is 3.90. The van der Waals surface area contributed by atoms with Crippen molar-refractivity contribution >= 4 is 34.2 Å². The molecule has 7 heteroatoms. The van der Waals surface area contributed by atoms with Crippen LogP contribution >= 0.6 is 28.3 Å². The number of hydrogen-bond donors (Lipinski definition) is 2. The van der Waals surface area contributed by atoms with Gasteiger partial charge in [-0.15, -0.1) is 12.4 Å². The highest BCUT2D eigenvalue weighted by Crippen LogP contribution is 2.20. The van der Waals surface area contributed by atoms with Gasteiger partial charge in [0.05, 0.1) is 6.20 Å². The Hall–Kier alpha value is -1.37. The molecule has 1 amide bonds. The smallest absolute Gasteiger partial charge is 0.244 e. The zero-order valence-electron chi connectivity index (χ0n) is 12.5. The highest BCUT2D eigenvalue weighted by atomic mass is 79.9. The van der Waals surface area contributed by atoms with Crippen molar-refractivity contribution in [2.24, 2.45) is 12.8 Å². The van der Waals surface area contributed by atoms with Crippen LogP contribution in [0.1, 0.15) is 18.1 Å². The van der Waals surface area contributed by atoms with Gasteiger partial charge in [-0.05, 0) is 36.6 Å². The predicted molar refractivity (Wildman–Crippen MR) is 92.9 cm³/mol. The van der Waals surface area contributed by atoms with Gasteiger partial charge in [0.15, 0.2) is 0 Å². The molecule has 0 spiro atoms. The van der Waals surface area contributed by atoms with Crippen LogP contribution in [-0.2, 0) is 23.8 Å². The van der Waals surface area contributed by atoms with Gasteiger partial charge in [-0.3, -0.25) is 9.48 Å². The van der Waals surface area contributed by atoms with Crippen LogP contribution in [0, 0.1) is 0 Å². The van der Waals surface area contributed by atoms with Crippen LogP contribution in [0.4, 0.5) is 0 Å². The Balaban J connectivity index is 0.00000242. The molecule has 0 aliphatic heterocycles. The fourth-order valence-corrected chi connectivity index (χ4v) is 2.30. The molecule has 3 N–H and O–H groups in total. The van der Waals surface area contributed by atoms with Gasteiger partial charge in [0, 0.05) is 24.3 Å². The van der Waals surface area contributed by atoms with Crippen molar-refractivity contribution in [2.75, 3.05) is 6.54 Å². The van der Waals surface area contributed by atoms with Gasteiger partial charge >= 0.3 is 0 Å². The van der Waals surface area contributed by atoms with Gasteiger partial charge in [-0.1, -0.05) is 28.1 Å². The average molecular weight is 388 g/mol. The maximum absolute atomic E-state index is 12.3. The van der Waals surface area contributed by atoms with Crippen LogP contribution in [0.15, 0.2) is 41.1 Å². The molecule has 0 radical (unpaired) electrons. The molecule has 1 atom stereocenters. The summed E-state index contributed by atoms with van der Waals surface area (Å²) in [5.74, 6) is -0.186. The number of aromatic nitrogens is 2. The Labute approximate surface area is 144 Å². The third kappa shape index (κ3) is 4.56. The minimum Gasteiger partial charge on any atom is -0.354 e. The van der Waals surface area contributed by atoms with Crippen molar-refractivity contribution in [1.29, 1.82) is 0 Å². The molecule has 0 saturated carbocycles. The lowest BCUT2D eigenvalue weighted by molar-refractivity contribution is -0.126.